The highest BCUT2D eigenvalue weighted by Gasteiger charge is 2.34. The molecule has 0 aromatic heterocycles. The lowest BCUT2D eigenvalue weighted by Crippen LogP contribution is -2.49. The van der Waals surface area contributed by atoms with Crippen LogP contribution in [0.2, 0.25) is 0 Å². The fourth-order valence-electron chi connectivity index (χ4n) is 1.95. The predicted molar refractivity (Wildman–Crippen MR) is 61.9 cm³/mol. The highest BCUT2D eigenvalue weighted by molar-refractivity contribution is 5.28. The summed E-state index contributed by atoms with van der Waals surface area (Å²) in [5.74, 6) is 0.410. The van der Waals surface area contributed by atoms with Crippen LogP contribution in [0.1, 0.15) is 25.0 Å². The number of alkyl halides is 3. The summed E-state index contributed by atoms with van der Waals surface area (Å²) < 4.78 is 43.1. The highest BCUT2D eigenvalue weighted by atomic mass is 19.4. The van der Waals surface area contributed by atoms with Gasteiger partial charge in [0.1, 0.15) is 5.72 Å². The lowest BCUT2D eigenvalue weighted by atomic mass is 9.99. The Balaban J connectivity index is 2.19. The summed E-state index contributed by atoms with van der Waals surface area (Å²) >= 11 is 0. The normalized spacial score (nSPS) is 29.3. The first kappa shape index (κ1) is 13.4. The molecule has 1 aliphatic heterocycles. The van der Waals surface area contributed by atoms with Gasteiger partial charge in [0.15, 0.2) is 0 Å². The molecule has 1 saturated heterocycles. The van der Waals surface area contributed by atoms with Crippen LogP contribution in [0, 0.1) is 5.92 Å². The van der Waals surface area contributed by atoms with Crippen LogP contribution in [0.3, 0.4) is 0 Å². The molecular formula is C13H16F3NO. The minimum absolute atomic E-state index is 0.410. The third kappa shape index (κ3) is 2.67. The largest absolute Gasteiger partial charge is 0.416 e. The summed E-state index contributed by atoms with van der Waals surface area (Å²) in [7, 11) is 0. The molecule has 0 radical (unpaired) electrons. The second-order valence-electron chi connectivity index (χ2n) is 4.91. The monoisotopic (exact) mass is 259 g/mol. The Kier molecular flexibility index (Phi) is 3.38. The second-order valence-corrected chi connectivity index (χ2v) is 4.91. The lowest BCUT2D eigenvalue weighted by molar-refractivity contribution is -0.137. The molecule has 2 rings (SSSR count). The summed E-state index contributed by atoms with van der Waals surface area (Å²) in [6, 6.07) is 5.10. The summed E-state index contributed by atoms with van der Waals surface area (Å²) in [5, 5.41) is 3.22. The van der Waals surface area contributed by atoms with Crippen LogP contribution in [0.4, 0.5) is 13.2 Å². The maximum atomic E-state index is 12.5. The van der Waals surface area contributed by atoms with Crippen LogP contribution < -0.4 is 5.32 Å². The van der Waals surface area contributed by atoms with E-state index in [0.717, 1.165) is 18.7 Å². The number of hydrogen-bond acceptors (Lipinski definition) is 2. The Hall–Kier alpha value is -1.07. The van der Waals surface area contributed by atoms with Crippen molar-refractivity contribution in [2.24, 2.45) is 5.92 Å². The summed E-state index contributed by atoms with van der Waals surface area (Å²) in [6.07, 6.45) is -4.30. The molecule has 0 saturated carbocycles. The first-order valence-electron chi connectivity index (χ1n) is 5.88. The molecule has 1 aromatic carbocycles. The topological polar surface area (TPSA) is 21.3 Å². The van der Waals surface area contributed by atoms with E-state index in [1.807, 2.05) is 6.92 Å². The Morgan fingerprint density at radius 3 is 2.33 bits per heavy atom. The van der Waals surface area contributed by atoms with E-state index in [1.165, 1.54) is 12.1 Å². The molecule has 0 bridgehead atoms. The van der Waals surface area contributed by atoms with Gasteiger partial charge in [-0.25, -0.2) is 0 Å². The van der Waals surface area contributed by atoms with Crippen molar-refractivity contribution in [3.8, 4) is 0 Å². The van der Waals surface area contributed by atoms with Gasteiger partial charge < -0.3 is 4.74 Å². The number of halogens is 3. The van der Waals surface area contributed by atoms with Crippen LogP contribution >= 0.6 is 0 Å². The predicted octanol–water partition coefficient (Wildman–Crippen LogP) is 3.13. The second kappa shape index (κ2) is 4.55. The van der Waals surface area contributed by atoms with Crippen molar-refractivity contribution in [3.63, 3.8) is 0 Å². The van der Waals surface area contributed by atoms with E-state index in [2.05, 4.69) is 12.2 Å². The molecule has 0 spiro atoms. The first-order valence-corrected chi connectivity index (χ1v) is 5.88. The highest BCUT2D eigenvalue weighted by Crippen LogP contribution is 2.32. The first-order chi connectivity index (χ1) is 8.31. The standard InChI is InChI=1S/C13H16F3NO/c1-9-7-17-12(2,18-8-9)10-3-5-11(6-4-10)13(14,15)16/h3-6,9,17H,7-8H2,1-2H3. The van der Waals surface area contributed by atoms with Gasteiger partial charge in [-0.2, -0.15) is 13.2 Å². The van der Waals surface area contributed by atoms with Gasteiger partial charge in [0.25, 0.3) is 0 Å². The van der Waals surface area contributed by atoms with Crippen LogP contribution in [0.5, 0.6) is 0 Å². The minimum atomic E-state index is -4.30. The molecule has 1 fully saturated rings. The van der Waals surface area contributed by atoms with E-state index in [4.69, 9.17) is 4.74 Å². The van der Waals surface area contributed by atoms with Gasteiger partial charge in [-0.3, -0.25) is 5.32 Å². The van der Waals surface area contributed by atoms with Gasteiger partial charge in [-0.05, 0) is 30.5 Å². The number of nitrogens with one attached hydrogen (secondary N) is 1. The Labute approximate surface area is 104 Å². The van der Waals surface area contributed by atoms with Crippen LogP contribution in [-0.4, -0.2) is 13.2 Å². The van der Waals surface area contributed by atoms with Gasteiger partial charge in [-0.1, -0.05) is 19.1 Å². The molecular weight excluding hydrogens is 243 g/mol. The van der Waals surface area contributed by atoms with Gasteiger partial charge in [-0.15, -0.1) is 0 Å². The van der Waals surface area contributed by atoms with Gasteiger partial charge in [0.05, 0.1) is 12.2 Å². The average Bonchev–Trinajstić information content (AvgIpc) is 2.32. The van der Waals surface area contributed by atoms with Crippen molar-refractivity contribution in [1.29, 1.82) is 0 Å². The van der Waals surface area contributed by atoms with Gasteiger partial charge in [0.2, 0.25) is 0 Å². The van der Waals surface area contributed by atoms with E-state index >= 15 is 0 Å². The molecule has 2 nitrogen and oxygen atoms in total. The summed E-state index contributed by atoms with van der Waals surface area (Å²) in [6.45, 7) is 5.28. The molecule has 0 aliphatic carbocycles. The quantitative estimate of drug-likeness (QED) is 0.836. The van der Waals surface area contributed by atoms with E-state index in [9.17, 15) is 13.2 Å². The zero-order chi connectivity index (χ0) is 13.4. The van der Waals surface area contributed by atoms with E-state index in [-0.39, 0.29) is 0 Å². The molecule has 1 aliphatic rings. The van der Waals surface area contributed by atoms with Crippen molar-refractivity contribution in [2.45, 2.75) is 25.7 Å². The number of benzene rings is 1. The molecule has 1 heterocycles. The zero-order valence-electron chi connectivity index (χ0n) is 10.3. The number of rotatable bonds is 1. The molecule has 2 unspecified atom stereocenters. The third-order valence-corrected chi connectivity index (χ3v) is 3.21. The van der Waals surface area contributed by atoms with Crippen LogP contribution in [-0.2, 0) is 16.6 Å². The average molecular weight is 259 g/mol. The Bertz CT molecular complexity index is 405. The van der Waals surface area contributed by atoms with Gasteiger partial charge >= 0.3 is 6.18 Å². The Morgan fingerprint density at radius 2 is 1.89 bits per heavy atom. The SMILES string of the molecule is CC1CNC(C)(c2ccc(C(F)(F)F)cc2)OC1. The lowest BCUT2D eigenvalue weighted by Gasteiger charge is -2.38. The number of ether oxygens (including phenoxy) is 1. The van der Waals surface area contributed by atoms with Crippen molar-refractivity contribution in [1.82, 2.24) is 5.32 Å². The van der Waals surface area contributed by atoms with Crippen molar-refractivity contribution in [2.75, 3.05) is 13.2 Å². The van der Waals surface area contributed by atoms with Crippen LogP contribution in [0.25, 0.3) is 0 Å². The van der Waals surface area contributed by atoms with Crippen molar-refractivity contribution >= 4 is 0 Å². The smallest absolute Gasteiger partial charge is 0.356 e. The molecule has 0 amide bonds. The van der Waals surface area contributed by atoms with Gasteiger partial charge in [0, 0.05) is 6.54 Å². The van der Waals surface area contributed by atoms with Crippen molar-refractivity contribution < 1.29 is 17.9 Å². The summed E-state index contributed by atoms with van der Waals surface area (Å²) in [5.41, 5.74) is -0.627. The fraction of sp³-hybridized carbons (Fsp3) is 0.538. The fourth-order valence-corrected chi connectivity index (χ4v) is 1.95. The molecule has 18 heavy (non-hydrogen) atoms. The third-order valence-electron chi connectivity index (χ3n) is 3.21. The van der Waals surface area contributed by atoms with E-state index in [1.54, 1.807) is 0 Å². The summed E-state index contributed by atoms with van der Waals surface area (Å²) in [4.78, 5) is 0. The molecule has 1 aromatic rings. The van der Waals surface area contributed by atoms with E-state index < -0.39 is 17.5 Å². The van der Waals surface area contributed by atoms with Crippen molar-refractivity contribution in [3.05, 3.63) is 35.4 Å². The maximum absolute atomic E-state index is 12.5. The molecule has 5 heteroatoms. The van der Waals surface area contributed by atoms with Crippen LogP contribution in [0.15, 0.2) is 24.3 Å². The molecule has 100 valence electrons. The minimum Gasteiger partial charge on any atom is -0.356 e. The Morgan fingerprint density at radius 1 is 1.28 bits per heavy atom. The molecule has 1 N–H and O–H groups in total. The molecule has 2 atom stereocenters. The van der Waals surface area contributed by atoms with E-state index in [0.29, 0.717) is 18.1 Å². The zero-order valence-corrected chi connectivity index (χ0v) is 10.3. The number of hydrogen-bond donors (Lipinski definition) is 1. The maximum Gasteiger partial charge on any atom is 0.416 e.